The Hall–Kier alpha value is -0.350. The molecule has 1 aromatic carbocycles. The molecule has 2 rings (SSSR count). The van der Waals surface area contributed by atoms with E-state index in [0.717, 1.165) is 9.35 Å². The summed E-state index contributed by atoms with van der Waals surface area (Å²) >= 11 is 16.6. The zero-order valence-corrected chi connectivity index (χ0v) is 12.5. The van der Waals surface area contributed by atoms with E-state index >= 15 is 0 Å². The monoisotopic (exact) mass is 348 g/mol. The van der Waals surface area contributed by atoms with Crippen LogP contribution in [-0.4, -0.2) is 5.78 Å². The smallest absolute Gasteiger partial charge is 0.168 e. The van der Waals surface area contributed by atoms with E-state index in [1.807, 2.05) is 11.4 Å². The Morgan fingerprint density at radius 2 is 2.06 bits per heavy atom. The highest BCUT2D eigenvalue weighted by Crippen LogP contribution is 2.25. The van der Waals surface area contributed by atoms with Crippen molar-refractivity contribution in [2.75, 3.05) is 0 Å². The van der Waals surface area contributed by atoms with Crippen LogP contribution < -0.4 is 0 Å². The SMILES string of the molecule is O=C(Cc1ccc(Cl)cc1Cl)c1csc(Br)c1. The molecule has 0 amide bonds. The summed E-state index contributed by atoms with van der Waals surface area (Å²) in [7, 11) is 0. The third kappa shape index (κ3) is 3.32. The molecular weight excluding hydrogens is 343 g/mol. The summed E-state index contributed by atoms with van der Waals surface area (Å²) in [5.74, 6) is 0.0520. The van der Waals surface area contributed by atoms with Crippen LogP contribution in [0.15, 0.2) is 33.4 Å². The number of Topliss-reactive ketones (excluding diaryl/α,β-unsaturated/α-hetero) is 1. The molecule has 0 aliphatic heterocycles. The van der Waals surface area contributed by atoms with E-state index < -0.39 is 0 Å². The number of hydrogen-bond donors (Lipinski definition) is 0. The first kappa shape index (κ1) is 13.1. The zero-order valence-electron chi connectivity index (χ0n) is 8.54. The van der Waals surface area contributed by atoms with Gasteiger partial charge in [-0.3, -0.25) is 4.79 Å². The lowest BCUT2D eigenvalue weighted by atomic mass is 10.1. The maximum atomic E-state index is 12.0. The van der Waals surface area contributed by atoms with Crippen LogP contribution in [0.5, 0.6) is 0 Å². The molecule has 0 atom stereocenters. The summed E-state index contributed by atoms with van der Waals surface area (Å²) in [5, 5.41) is 2.93. The number of rotatable bonds is 3. The van der Waals surface area contributed by atoms with Crippen molar-refractivity contribution in [2.45, 2.75) is 6.42 Å². The molecule has 17 heavy (non-hydrogen) atoms. The summed E-state index contributed by atoms with van der Waals surface area (Å²) in [6, 6.07) is 6.98. The fraction of sp³-hybridized carbons (Fsp3) is 0.0833. The van der Waals surface area contributed by atoms with Crippen molar-refractivity contribution >= 4 is 56.3 Å². The lowest BCUT2D eigenvalue weighted by Gasteiger charge is -2.03. The lowest BCUT2D eigenvalue weighted by Crippen LogP contribution is -2.02. The number of benzene rings is 1. The van der Waals surface area contributed by atoms with Gasteiger partial charge in [-0.25, -0.2) is 0 Å². The van der Waals surface area contributed by atoms with E-state index in [-0.39, 0.29) is 5.78 Å². The van der Waals surface area contributed by atoms with Gasteiger partial charge in [-0.15, -0.1) is 11.3 Å². The second-order valence-corrected chi connectivity index (χ2v) is 6.61. The molecule has 0 radical (unpaired) electrons. The van der Waals surface area contributed by atoms with Crippen molar-refractivity contribution in [3.8, 4) is 0 Å². The van der Waals surface area contributed by atoms with Crippen molar-refractivity contribution in [3.63, 3.8) is 0 Å². The first-order valence-corrected chi connectivity index (χ1v) is 7.20. The van der Waals surface area contributed by atoms with Crippen LogP contribution in [0.25, 0.3) is 0 Å². The quantitative estimate of drug-likeness (QED) is 0.692. The van der Waals surface area contributed by atoms with Gasteiger partial charge in [0.2, 0.25) is 0 Å². The molecule has 0 aliphatic carbocycles. The van der Waals surface area contributed by atoms with Crippen LogP contribution in [0.1, 0.15) is 15.9 Å². The largest absolute Gasteiger partial charge is 0.294 e. The van der Waals surface area contributed by atoms with Gasteiger partial charge in [-0.2, -0.15) is 0 Å². The molecule has 1 heterocycles. The summed E-state index contributed by atoms with van der Waals surface area (Å²) in [6.45, 7) is 0. The molecule has 0 saturated carbocycles. The minimum Gasteiger partial charge on any atom is -0.294 e. The molecular formula is C12H7BrCl2OS. The molecule has 0 aliphatic rings. The molecule has 1 aromatic heterocycles. The number of ketones is 1. The second kappa shape index (κ2) is 5.53. The molecule has 88 valence electrons. The Morgan fingerprint density at radius 3 is 2.65 bits per heavy atom. The molecule has 5 heteroatoms. The molecule has 0 unspecified atom stereocenters. The van der Waals surface area contributed by atoms with Crippen LogP contribution in [0, 0.1) is 0 Å². The predicted molar refractivity (Wildman–Crippen MR) is 76.5 cm³/mol. The molecule has 0 spiro atoms. The van der Waals surface area contributed by atoms with Crippen LogP contribution >= 0.6 is 50.5 Å². The van der Waals surface area contributed by atoms with Gasteiger partial charge < -0.3 is 0 Å². The Labute approximate surface area is 121 Å². The normalized spacial score (nSPS) is 10.5. The number of hydrogen-bond acceptors (Lipinski definition) is 2. The zero-order chi connectivity index (χ0) is 12.4. The van der Waals surface area contributed by atoms with E-state index in [1.54, 1.807) is 18.2 Å². The Balaban J connectivity index is 2.18. The molecule has 0 bridgehead atoms. The van der Waals surface area contributed by atoms with Gasteiger partial charge in [-0.1, -0.05) is 29.3 Å². The molecule has 0 fully saturated rings. The van der Waals surface area contributed by atoms with Gasteiger partial charge >= 0.3 is 0 Å². The highest BCUT2D eigenvalue weighted by atomic mass is 79.9. The van der Waals surface area contributed by atoms with E-state index in [1.165, 1.54) is 11.3 Å². The first-order chi connectivity index (χ1) is 8.06. The predicted octanol–water partition coefficient (Wildman–Crippen LogP) is 5.24. The van der Waals surface area contributed by atoms with Gasteiger partial charge in [0.25, 0.3) is 0 Å². The topological polar surface area (TPSA) is 17.1 Å². The van der Waals surface area contributed by atoms with E-state index in [2.05, 4.69) is 15.9 Å². The molecule has 2 aromatic rings. The van der Waals surface area contributed by atoms with Crippen molar-refractivity contribution in [3.05, 3.63) is 54.6 Å². The minimum atomic E-state index is 0.0520. The molecule has 0 N–H and O–H groups in total. The van der Waals surface area contributed by atoms with Crippen molar-refractivity contribution < 1.29 is 4.79 Å². The van der Waals surface area contributed by atoms with Crippen molar-refractivity contribution in [1.29, 1.82) is 0 Å². The summed E-state index contributed by atoms with van der Waals surface area (Å²) < 4.78 is 0.947. The summed E-state index contributed by atoms with van der Waals surface area (Å²) in [4.78, 5) is 12.0. The highest BCUT2D eigenvalue weighted by molar-refractivity contribution is 9.11. The van der Waals surface area contributed by atoms with Gasteiger partial charge in [0.1, 0.15) is 0 Å². The minimum absolute atomic E-state index is 0.0520. The van der Waals surface area contributed by atoms with Crippen molar-refractivity contribution in [1.82, 2.24) is 0 Å². The third-order valence-corrected chi connectivity index (χ3v) is 4.35. The number of thiophene rings is 1. The third-order valence-electron chi connectivity index (χ3n) is 2.26. The molecule has 0 saturated heterocycles. The average Bonchev–Trinajstić information content (AvgIpc) is 2.69. The summed E-state index contributed by atoms with van der Waals surface area (Å²) in [6.07, 6.45) is 0.291. The molecule has 1 nitrogen and oxygen atoms in total. The van der Waals surface area contributed by atoms with Crippen molar-refractivity contribution in [2.24, 2.45) is 0 Å². The van der Waals surface area contributed by atoms with E-state index in [4.69, 9.17) is 23.2 Å². The van der Waals surface area contributed by atoms with Gasteiger partial charge in [0, 0.05) is 27.4 Å². The highest BCUT2D eigenvalue weighted by Gasteiger charge is 2.11. The lowest BCUT2D eigenvalue weighted by molar-refractivity contribution is 0.0993. The summed E-state index contributed by atoms with van der Waals surface area (Å²) in [5.41, 5.74) is 1.50. The maximum absolute atomic E-state index is 12.0. The first-order valence-electron chi connectivity index (χ1n) is 4.77. The van der Waals surface area contributed by atoms with Crippen LogP contribution in [0.2, 0.25) is 10.0 Å². The average molecular weight is 350 g/mol. The Bertz CT molecular complexity index is 565. The van der Waals surface area contributed by atoms with E-state index in [9.17, 15) is 4.79 Å². The van der Waals surface area contributed by atoms with Crippen LogP contribution in [0.3, 0.4) is 0 Å². The second-order valence-electron chi connectivity index (χ2n) is 3.48. The van der Waals surface area contributed by atoms with Gasteiger partial charge in [0.15, 0.2) is 5.78 Å². The Kier molecular flexibility index (Phi) is 4.26. The van der Waals surface area contributed by atoms with Gasteiger partial charge in [-0.05, 0) is 39.7 Å². The van der Waals surface area contributed by atoms with Gasteiger partial charge in [0.05, 0.1) is 3.79 Å². The number of carbonyl (C=O) groups excluding carboxylic acids is 1. The number of carbonyl (C=O) groups is 1. The fourth-order valence-electron chi connectivity index (χ4n) is 1.40. The standard InChI is InChI=1S/C12H7BrCl2OS/c13-12-4-8(6-17-12)11(16)3-7-1-2-9(14)5-10(7)15/h1-2,4-6H,3H2. The number of halogens is 3. The Morgan fingerprint density at radius 1 is 1.29 bits per heavy atom. The fourth-order valence-corrected chi connectivity index (χ4v) is 3.03. The van der Waals surface area contributed by atoms with E-state index in [0.29, 0.717) is 22.0 Å². The maximum Gasteiger partial charge on any atom is 0.168 e. The van der Waals surface area contributed by atoms with Crippen LogP contribution in [0.4, 0.5) is 0 Å². The van der Waals surface area contributed by atoms with Crippen LogP contribution in [-0.2, 0) is 6.42 Å².